The second-order valence-corrected chi connectivity index (χ2v) is 6.37. The van der Waals surface area contributed by atoms with Gasteiger partial charge in [0.25, 0.3) is 5.91 Å². The van der Waals surface area contributed by atoms with E-state index in [9.17, 15) is 4.79 Å². The molecule has 106 valence electrons. The molecule has 0 spiro atoms. The van der Waals surface area contributed by atoms with Crippen molar-refractivity contribution in [1.82, 2.24) is 14.4 Å². The van der Waals surface area contributed by atoms with Gasteiger partial charge in [0.05, 0.1) is 6.54 Å². The fourth-order valence-electron chi connectivity index (χ4n) is 2.67. The van der Waals surface area contributed by atoms with Crippen LogP contribution in [0.15, 0.2) is 16.7 Å². The zero-order valence-corrected chi connectivity index (χ0v) is 13.0. The quantitative estimate of drug-likeness (QED) is 0.790. The number of hydrogen-bond acceptors (Lipinski definition) is 2. The van der Waals surface area contributed by atoms with Gasteiger partial charge in [-0.25, -0.2) is 0 Å². The maximum atomic E-state index is 12.7. The van der Waals surface area contributed by atoms with Gasteiger partial charge in [-0.3, -0.25) is 9.69 Å². The van der Waals surface area contributed by atoms with E-state index >= 15 is 0 Å². The zero-order valence-electron chi connectivity index (χ0n) is 11.4. The van der Waals surface area contributed by atoms with Crippen molar-refractivity contribution < 1.29 is 4.79 Å². The summed E-state index contributed by atoms with van der Waals surface area (Å²) >= 11 is 3.48. The van der Waals surface area contributed by atoms with E-state index in [0.717, 1.165) is 36.3 Å². The molecule has 1 aliphatic carbocycles. The minimum Gasteiger partial charge on any atom is -0.339 e. The molecule has 20 heavy (non-hydrogen) atoms. The van der Waals surface area contributed by atoms with Crippen molar-refractivity contribution in [2.45, 2.75) is 18.9 Å². The number of halogens is 1. The highest BCUT2D eigenvalue weighted by Crippen LogP contribution is 2.37. The third-order valence-electron chi connectivity index (χ3n) is 3.95. The van der Waals surface area contributed by atoms with Gasteiger partial charge >= 0.3 is 0 Å². The van der Waals surface area contributed by atoms with Crippen molar-refractivity contribution in [3.05, 3.63) is 22.4 Å². The zero-order chi connectivity index (χ0) is 14.1. The van der Waals surface area contributed by atoms with Gasteiger partial charge < -0.3 is 9.47 Å². The summed E-state index contributed by atoms with van der Waals surface area (Å²) in [6.45, 7) is 3.91. The van der Waals surface area contributed by atoms with Crippen LogP contribution in [0.5, 0.6) is 0 Å². The summed E-state index contributed by atoms with van der Waals surface area (Å²) in [5.41, 5.74) is 0.810. The average Bonchev–Trinajstić information content (AvgIpc) is 3.22. The normalized spacial score (nSPS) is 19.9. The summed E-state index contributed by atoms with van der Waals surface area (Å²) in [7, 11) is 0. The molecule has 5 heteroatoms. The summed E-state index contributed by atoms with van der Waals surface area (Å²) in [6, 6.07) is 2.46. The largest absolute Gasteiger partial charge is 0.339 e. The minimum atomic E-state index is 0.142. The van der Waals surface area contributed by atoms with Gasteiger partial charge in [0.1, 0.15) is 5.69 Å². The Morgan fingerprint density at radius 2 is 2.05 bits per heavy atom. The van der Waals surface area contributed by atoms with Gasteiger partial charge in [0.15, 0.2) is 0 Å². The Kier molecular flexibility index (Phi) is 3.86. The van der Waals surface area contributed by atoms with Crippen LogP contribution >= 0.6 is 15.9 Å². The van der Waals surface area contributed by atoms with Crippen LogP contribution in [0.4, 0.5) is 0 Å². The van der Waals surface area contributed by atoms with Gasteiger partial charge in [-0.1, -0.05) is 5.92 Å². The second-order valence-electron chi connectivity index (χ2n) is 5.45. The molecule has 2 fully saturated rings. The lowest BCUT2D eigenvalue weighted by molar-refractivity contribution is 0.0641. The highest BCUT2D eigenvalue weighted by Gasteiger charge is 2.30. The summed E-state index contributed by atoms with van der Waals surface area (Å²) in [5, 5.41) is 0. The third-order valence-corrected chi connectivity index (χ3v) is 4.38. The van der Waals surface area contributed by atoms with E-state index < -0.39 is 0 Å². The predicted octanol–water partition coefficient (Wildman–Crippen LogP) is 1.98. The maximum absolute atomic E-state index is 12.7. The standard InChI is InChI=1S/C15H18BrN3O/c1-2-5-17-6-8-18(9-7-17)15(20)14-10-12(16)11-19(14)13-3-4-13/h1,10-11,13H,3-9H2. The molecule has 2 heterocycles. The van der Waals surface area contributed by atoms with Crippen LogP contribution in [0.25, 0.3) is 0 Å². The van der Waals surface area contributed by atoms with Crippen molar-refractivity contribution >= 4 is 21.8 Å². The van der Waals surface area contributed by atoms with E-state index in [1.807, 2.05) is 17.2 Å². The number of terminal acetylenes is 1. The smallest absolute Gasteiger partial charge is 0.270 e. The van der Waals surface area contributed by atoms with Crippen LogP contribution in [0.3, 0.4) is 0 Å². The SMILES string of the molecule is C#CCN1CCN(C(=O)c2cc(Br)cn2C2CC2)CC1. The first kappa shape index (κ1) is 13.7. The van der Waals surface area contributed by atoms with Crippen LogP contribution in [0.2, 0.25) is 0 Å². The average molecular weight is 336 g/mol. The Hall–Kier alpha value is -1.25. The maximum Gasteiger partial charge on any atom is 0.270 e. The van der Waals surface area contributed by atoms with Crippen molar-refractivity contribution in [3.8, 4) is 12.3 Å². The first-order chi connectivity index (χ1) is 9.69. The third kappa shape index (κ3) is 2.77. The molecule has 0 N–H and O–H groups in total. The molecule has 0 atom stereocenters. The Morgan fingerprint density at radius 1 is 1.35 bits per heavy atom. The molecular weight excluding hydrogens is 318 g/mol. The first-order valence-electron chi connectivity index (χ1n) is 7.01. The summed E-state index contributed by atoms with van der Waals surface area (Å²) in [5.74, 6) is 2.80. The fourth-order valence-corrected chi connectivity index (χ4v) is 3.11. The number of piperazine rings is 1. The van der Waals surface area contributed by atoms with Crippen molar-refractivity contribution in [2.24, 2.45) is 0 Å². The molecule has 0 radical (unpaired) electrons. The lowest BCUT2D eigenvalue weighted by Crippen LogP contribution is -2.49. The summed E-state index contributed by atoms with van der Waals surface area (Å²) < 4.78 is 3.11. The summed E-state index contributed by atoms with van der Waals surface area (Å²) in [6.07, 6.45) is 9.71. The van der Waals surface area contributed by atoms with E-state index in [4.69, 9.17) is 6.42 Å². The predicted molar refractivity (Wildman–Crippen MR) is 81.6 cm³/mol. The van der Waals surface area contributed by atoms with Gasteiger partial charge in [0, 0.05) is 42.9 Å². The lowest BCUT2D eigenvalue weighted by Gasteiger charge is -2.33. The Labute approximate surface area is 127 Å². The molecule has 0 bridgehead atoms. The van der Waals surface area contributed by atoms with Gasteiger partial charge in [0.2, 0.25) is 0 Å². The molecule has 1 saturated carbocycles. The van der Waals surface area contributed by atoms with Crippen LogP contribution in [0, 0.1) is 12.3 Å². The molecule has 3 rings (SSSR count). The first-order valence-corrected chi connectivity index (χ1v) is 7.81. The van der Waals surface area contributed by atoms with E-state index in [1.165, 1.54) is 12.8 Å². The molecular formula is C15H18BrN3O. The molecule has 0 aromatic carbocycles. The molecule has 4 nitrogen and oxygen atoms in total. The lowest BCUT2D eigenvalue weighted by atomic mass is 10.2. The van der Waals surface area contributed by atoms with Crippen molar-refractivity contribution in [1.29, 1.82) is 0 Å². The molecule has 0 unspecified atom stereocenters. The monoisotopic (exact) mass is 335 g/mol. The van der Waals surface area contributed by atoms with E-state index in [2.05, 4.69) is 31.3 Å². The molecule has 1 aromatic heterocycles. The van der Waals surface area contributed by atoms with Gasteiger partial charge in [-0.2, -0.15) is 0 Å². The van der Waals surface area contributed by atoms with Gasteiger partial charge in [-0.15, -0.1) is 6.42 Å². The van der Waals surface area contributed by atoms with Crippen LogP contribution in [-0.2, 0) is 0 Å². The van der Waals surface area contributed by atoms with Crippen LogP contribution in [0.1, 0.15) is 29.4 Å². The van der Waals surface area contributed by atoms with E-state index in [0.29, 0.717) is 12.6 Å². The second kappa shape index (κ2) is 5.63. The number of aromatic nitrogens is 1. The number of carbonyl (C=O) groups excluding carboxylic acids is 1. The minimum absolute atomic E-state index is 0.142. The fraction of sp³-hybridized carbons (Fsp3) is 0.533. The molecule has 1 aliphatic heterocycles. The molecule has 2 aliphatic rings. The van der Waals surface area contributed by atoms with Crippen molar-refractivity contribution in [3.63, 3.8) is 0 Å². The number of carbonyl (C=O) groups is 1. The highest BCUT2D eigenvalue weighted by molar-refractivity contribution is 9.10. The van der Waals surface area contributed by atoms with E-state index in [1.54, 1.807) is 0 Å². The Balaban J connectivity index is 1.69. The molecule has 1 aromatic rings. The van der Waals surface area contributed by atoms with E-state index in [-0.39, 0.29) is 5.91 Å². The van der Waals surface area contributed by atoms with Crippen LogP contribution in [-0.4, -0.2) is 53.0 Å². The van der Waals surface area contributed by atoms with Gasteiger partial charge in [-0.05, 0) is 34.8 Å². The molecule has 1 saturated heterocycles. The number of hydrogen-bond donors (Lipinski definition) is 0. The topological polar surface area (TPSA) is 28.5 Å². The Morgan fingerprint density at radius 3 is 2.65 bits per heavy atom. The summed E-state index contributed by atoms with van der Waals surface area (Å²) in [4.78, 5) is 16.8. The number of nitrogens with zero attached hydrogens (tertiary/aromatic N) is 3. The van der Waals surface area contributed by atoms with Crippen LogP contribution < -0.4 is 0 Å². The highest BCUT2D eigenvalue weighted by atomic mass is 79.9. The molecule has 1 amide bonds. The number of rotatable bonds is 3. The van der Waals surface area contributed by atoms with Crippen molar-refractivity contribution in [2.75, 3.05) is 32.7 Å². The Bertz CT molecular complexity index is 548. The number of amides is 1.